The molecule has 0 aliphatic heterocycles. The van der Waals surface area contributed by atoms with E-state index in [2.05, 4.69) is 20.8 Å². The highest BCUT2D eigenvalue weighted by Gasteiger charge is 2.15. The van der Waals surface area contributed by atoms with Crippen molar-refractivity contribution in [2.75, 3.05) is 13.2 Å². The lowest BCUT2D eigenvalue weighted by Gasteiger charge is -2.15. The maximum absolute atomic E-state index is 11.3. The number of carboxylic acid groups (broad SMARTS) is 1. The number of carboxylic acids is 1. The number of ether oxygens (including phenoxy) is 2. The van der Waals surface area contributed by atoms with Crippen LogP contribution in [0.2, 0.25) is 0 Å². The zero-order valence-corrected chi connectivity index (χ0v) is 29.9. The van der Waals surface area contributed by atoms with Crippen molar-refractivity contribution in [3.8, 4) is 11.5 Å². The number of ketones is 1. The number of nitrogens with zero attached hydrogens (tertiary/aromatic N) is 2. The van der Waals surface area contributed by atoms with Crippen LogP contribution in [0.3, 0.4) is 0 Å². The molecule has 0 atom stereocenters. The summed E-state index contributed by atoms with van der Waals surface area (Å²) in [6.07, 6.45) is 17.0. The smallest absolute Gasteiger partial charge is 0.341 e. The van der Waals surface area contributed by atoms with E-state index < -0.39 is 5.97 Å². The number of benzene rings is 2. The van der Waals surface area contributed by atoms with Gasteiger partial charge in [0.25, 0.3) is 0 Å². The van der Waals surface area contributed by atoms with E-state index in [-0.39, 0.29) is 33.9 Å². The third kappa shape index (κ3) is 14.1. The van der Waals surface area contributed by atoms with Gasteiger partial charge in [0, 0.05) is 33.3 Å². The van der Waals surface area contributed by atoms with Crippen LogP contribution >= 0.6 is 0 Å². The number of aromatic nitrogens is 2. The molecule has 0 amide bonds. The van der Waals surface area contributed by atoms with Gasteiger partial charge in [-0.3, -0.25) is 14.8 Å². The molecule has 0 radical (unpaired) electrons. The van der Waals surface area contributed by atoms with Gasteiger partial charge in [0.2, 0.25) is 0 Å². The van der Waals surface area contributed by atoms with Gasteiger partial charge in [0.15, 0.2) is 12.4 Å². The molecule has 4 rings (SSSR count). The zero-order valence-electron chi connectivity index (χ0n) is 29.9. The van der Waals surface area contributed by atoms with Crippen molar-refractivity contribution in [3.63, 3.8) is 0 Å². The summed E-state index contributed by atoms with van der Waals surface area (Å²) >= 11 is 0. The SMILES string of the molecule is C.C.CCCCCCCCc1nc2ccccc2c(OCC(=O)O)c1C.CCCCCCCCc1nc2ccccc2c(OCC(C)=O)c1C. The first kappa shape index (κ1) is 44.0. The number of carbonyl (C=O) groups excluding carboxylic acids is 1. The van der Waals surface area contributed by atoms with Gasteiger partial charge in [-0.05, 0) is 70.7 Å². The van der Waals surface area contributed by atoms with Crippen LogP contribution in [0.5, 0.6) is 11.5 Å². The molecule has 1 N–H and O–H groups in total. The summed E-state index contributed by atoms with van der Waals surface area (Å²) in [6.45, 7) is 9.84. The van der Waals surface area contributed by atoms with E-state index in [4.69, 9.17) is 24.5 Å². The Morgan fingerprint density at radius 2 is 0.980 bits per heavy atom. The molecular weight excluding hydrogens is 624 g/mol. The van der Waals surface area contributed by atoms with E-state index in [9.17, 15) is 9.59 Å². The molecule has 0 unspecified atom stereocenters. The molecule has 7 heteroatoms. The number of Topliss-reactive ketones (excluding diaryl/α,β-unsaturated/α-hetero) is 1. The van der Waals surface area contributed by atoms with Crippen molar-refractivity contribution in [2.24, 2.45) is 0 Å². The maximum Gasteiger partial charge on any atom is 0.341 e. The molecule has 2 aromatic heterocycles. The van der Waals surface area contributed by atoms with Crippen LogP contribution in [0, 0.1) is 13.8 Å². The van der Waals surface area contributed by atoms with Gasteiger partial charge in [0.05, 0.1) is 11.0 Å². The minimum absolute atomic E-state index is 0. The summed E-state index contributed by atoms with van der Waals surface area (Å²) in [6, 6.07) is 15.8. The Hall–Kier alpha value is -4.00. The molecule has 4 aromatic rings. The Kier molecular flexibility index (Phi) is 21.3. The Bertz CT molecular complexity index is 1480. The molecule has 0 aliphatic rings. The van der Waals surface area contributed by atoms with Gasteiger partial charge < -0.3 is 14.6 Å². The molecular formula is C43H64N2O5. The fourth-order valence-corrected chi connectivity index (χ4v) is 5.96. The topological polar surface area (TPSA) is 98.6 Å². The average molecular weight is 689 g/mol. The standard InChI is InChI=1S/C21H29NO2.C20H27NO3.2CH4/c1-4-5-6-7-8-9-13-19-17(3)21(24-15-16(2)23)18-12-10-11-14-20(18)22-19;1-3-4-5-6-7-8-12-17-15(2)20(24-14-19(22)23)16-11-9-10-13-18(16)21-17;;/h10-12,14H,4-9,13,15H2,1-3H3;9-11,13H,3-8,12,14H2,1-2H3,(H,22,23);2*1H4. The van der Waals surface area contributed by atoms with Crippen LogP contribution in [0.1, 0.15) is 135 Å². The molecule has 0 saturated carbocycles. The predicted octanol–water partition coefficient (Wildman–Crippen LogP) is 11.6. The molecule has 0 aliphatic carbocycles. The van der Waals surface area contributed by atoms with E-state index in [0.717, 1.165) is 75.8 Å². The van der Waals surface area contributed by atoms with Crippen LogP contribution in [0.25, 0.3) is 21.8 Å². The number of rotatable bonds is 20. The van der Waals surface area contributed by atoms with Crippen LogP contribution in [0.15, 0.2) is 48.5 Å². The monoisotopic (exact) mass is 688 g/mol. The molecule has 0 saturated heterocycles. The van der Waals surface area contributed by atoms with Crippen molar-refractivity contribution in [2.45, 2.75) is 139 Å². The Balaban J connectivity index is 0.000000481. The van der Waals surface area contributed by atoms with Crippen molar-refractivity contribution in [1.82, 2.24) is 9.97 Å². The second-order valence-electron chi connectivity index (χ2n) is 12.8. The first-order valence-electron chi connectivity index (χ1n) is 18.0. The van der Waals surface area contributed by atoms with E-state index in [1.165, 1.54) is 64.2 Å². The van der Waals surface area contributed by atoms with Crippen LogP contribution < -0.4 is 9.47 Å². The van der Waals surface area contributed by atoms with Crippen LogP contribution in [0.4, 0.5) is 0 Å². The molecule has 0 bridgehead atoms. The highest BCUT2D eigenvalue weighted by molar-refractivity contribution is 5.88. The van der Waals surface area contributed by atoms with Crippen molar-refractivity contribution in [3.05, 3.63) is 71.0 Å². The van der Waals surface area contributed by atoms with Crippen LogP contribution in [-0.4, -0.2) is 40.0 Å². The highest BCUT2D eigenvalue weighted by Crippen LogP contribution is 2.32. The number of aryl methyl sites for hydroxylation is 2. The number of hydrogen-bond donors (Lipinski definition) is 1. The van der Waals surface area contributed by atoms with Gasteiger partial charge >= 0.3 is 5.97 Å². The molecule has 2 heterocycles. The molecule has 0 spiro atoms. The fourth-order valence-electron chi connectivity index (χ4n) is 5.96. The highest BCUT2D eigenvalue weighted by atomic mass is 16.5. The number of para-hydroxylation sites is 2. The summed E-state index contributed by atoms with van der Waals surface area (Å²) in [7, 11) is 0. The Morgan fingerprint density at radius 1 is 0.600 bits per heavy atom. The van der Waals surface area contributed by atoms with E-state index >= 15 is 0 Å². The number of aliphatic carboxylic acids is 1. The Labute approximate surface area is 302 Å². The number of carbonyl (C=O) groups is 2. The third-order valence-corrected chi connectivity index (χ3v) is 8.65. The first-order valence-corrected chi connectivity index (χ1v) is 18.0. The van der Waals surface area contributed by atoms with Gasteiger partial charge in [-0.1, -0.05) is 117 Å². The summed E-state index contributed by atoms with van der Waals surface area (Å²) in [5.41, 5.74) is 5.96. The lowest BCUT2D eigenvalue weighted by atomic mass is 10.0. The average Bonchev–Trinajstić information content (AvgIpc) is 3.07. The minimum atomic E-state index is -0.965. The molecule has 276 valence electrons. The Morgan fingerprint density at radius 3 is 1.38 bits per heavy atom. The zero-order chi connectivity index (χ0) is 34.7. The second kappa shape index (κ2) is 24.2. The van der Waals surface area contributed by atoms with Gasteiger partial charge in [-0.2, -0.15) is 0 Å². The number of unbranched alkanes of at least 4 members (excludes halogenated alkanes) is 10. The molecule has 2 aromatic carbocycles. The third-order valence-electron chi connectivity index (χ3n) is 8.65. The fraction of sp³-hybridized carbons (Fsp3) is 0.535. The van der Waals surface area contributed by atoms with Crippen molar-refractivity contribution < 1.29 is 24.2 Å². The van der Waals surface area contributed by atoms with Crippen LogP contribution in [-0.2, 0) is 22.4 Å². The quantitative estimate of drug-likeness (QED) is 0.0922. The molecule has 50 heavy (non-hydrogen) atoms. The second-order valence-corrected chi connectivity index (χ2v) is 12.8. The van der Waals surface area contributed by atoms with E-state index in [1.807, 2.05) is 55.5 Å². The summed E-state index contributed by atoms with van der Waals surface area (Å²) < 4.78 is 11.4. The maximum atomic E-state index is 11.3. The number of hydrogen-bond acceptors (Lipinski definition) is 6. The van der Waals surface area contributed by atoms with Gasteiger partial charge in [0.1, 0.15) is 18.1 Å². The van der Waals surface area contributed by atoms with Gasteiger partial charge in [-0.15, -0.1) is 0 Å². The lowest BCUT2D eigenvalue weighted by molar-refractivity contribution is -0.139. The molecule has 7 nitrogen and oxygen atoms in total. The largest absolute Gasteiger partial charge is 0.485 e. The predicted molar refractivity (Wildman–Crippen MR) is 210 cm³/mol. The first-order chi connectivity index (χ1) is 23.3. The molecule has 0 fully saturated rings. The van der Waals surface area contributed by atoms with Gasteiger partial charge in [-0.25, -0.2) is 4.79 Å². The van der Waals surface area contributed by atoms with E-state index in [1.54, 1.807) is 6.92 Å². The number of pyridine rings is 2. The van der Waals surface area contributed by atoms with E-state index in [0.29, 0.717) is 5.75 Å². The summed E-state index contributed by atoms with van der Waals surface area (Å²) in [4.78, 5) is 31.8. The normalized spacial score (nSPS) is 10.5. The van der Waals surface area contributed by atoms with Crippen molar-refractivity contribution in [1.29, 1.82) is 0 Å². The summed E-state index contributed by atoms with van der Waals surface area (Å²) in [5.74, 6) is 0.543. The summed E-state index contributed by atoms with van der Waals surface area (Å²) in [5, 5.41) is 10.8. The lowest BCUT2D eigenvalue weighted by Crippen LogP contribution is -2.11. The van der Waals surface area contributed by atoms with Crippen molar-refractivity contribution >= 4 is 33.6 Å². The minimum Gasteiger partial charge on any atom is -0.485 e. The number of fused-ring (bicyclic) bond motifs is 2.